The first kappa shape index (κ1) is 11.7. The highest BCUT2D eigenvalue weighted by molar-refractivity contribution is 5.32. The van der Waals surface area contributed by atoms with E-state index in [-0.39, 0.29) is 5.56 Å². The van der Waals surface area contributed by atoms with Gasteiger partial charge in [0, 0.05) is 19.2 Å². The van der Waals surface area contributed by atoms with Gasteiger partial charge in [0.05, 0.1) is 0 Å². The topological polar surface area (TPSA) is 61.0 Å². The van der Waals surface area contributed by atoms with Gasteiger partial charge in [-0.1, -0.05) is 6.92 Å². The average molecular weight is 210 g/mol. The molecule has 0 aliphatic rings. The fourth-order valence-corrected chi connectivity index (χ4v) is 1.20. The van der Waals surface area contributed by atoms with Gasteiger partial charge in [-0.15, -0.1) is 0 Å². The Bertz CT molecular complexity index is 361. The van der Waals surface area contributed by atoms with Crippen LogP contribution in [0.25, 0.3) is 0 Å². The maximum atomic E-state index is 11.1. The Kier molecular flexibility index (Phi) is 4.30. The second kappa shape index (κ2) is 5.50. The molecule has 84 valence electrons. The number of aromatic nitrogens is 2. The summed E-state index contributed by atoms with van der Waals surface area (Å²) < 4.78 is 0. The van der Waals surface area contributed by atoms with Crippen molar-refractivity contribution in [1.82, 2.24) is 14.9 Å². The molecule has 15 heavy (non-hydrogen) atoms. The van der Waals surface area contributed by atoms with Crippen molar-refractivity contribution in [3.05, 3.63) is 22.2 Å². The molecule has 0 fully saturated rings. The van der Waals surface area contributed by atoms with E-state index in [1.807, 2.05) is 0 Å². The van der Waals surface area contributed by atoms with E-state index in [1.165, 1.54) is 6.07 Å². The predicted molar refractivity (Wildman–Crippen MR) is 61.3 cm³/mol. The summed E-state index contributed by atoms with van der Waals surface area (Å²) in [6, 6.07) is 1.47. The van der Waals surface area contributed by atoms with Crippen LogP contribution in [0.15, 0.2) is 10.9 Å². The Morgan fingerprint density at radius 2 is 2.33 bits per heavy atom. The first-order chi connectivity index (χ1) is 7.11. The van der Waals surface area contributed by atoms with E-state index in [9.17, 15) is 4.79 Å². The fourth-order valence-electron chi connectivity index (χ4n) is 1.20. The lowest BCUT2D eigenvalue weighted by Gasteiger charge is -2.14. The van der Waals surface area contributed by atoms with Crippen LogP contribution in [0.3, 0.4) is 0 Å². The van der Waals surface area contributed by atoms with Gasteiger partial charge in [-0.2, -0.15) is 0 Å². The number of nitrogens with zero attached hydrogens (tertiary/aromatic N) is 2. The van der Waals surface area contributed by atoms with Crippen LogP contribution in [0.1, 0.15) is 12.7 Å². The van der Waals surface area contributed by atoms with Gasteiger partial charge in [-0.3, -0.25) is 4.79 Å². The molecule has 0 aromatic carbocycles. The number of aryl methyl sites for hydroxylation is 1. The van der Waals surface area contributed by atoms with Gasteiger partial charge in [0.25, 0.3) is 5.56 Å². The first-order valence-corrected chi connectivity index (χ1v) is 5.12. The maximum Gasteiger partial charge on any atom is 0.252 e. The van der Waals surface area contributed by atoms with E-state index in [1.54, 1.807) is 6.92 Å². The van der Waals surface area contributed by atoms with Gasteiger partial charge in [0.15, 0.2) is 0 Å². The minimum absolute atomic E-state index is 0.117. The lowest BCUT2D eigenvalue weighted by molar-refractivity contribution is 0.367. The number of H-pyrrole nitrogens is 1. The molecule has 5 heteroatoms. The van der Waals surface area contributed by atoms with Crippen molar-refractivity contribution >= 4 is 5.82 Å². The molecule has 0 atom stereocenters. The number of nitrogens with one attached hydrogen (secondary N) is 2. The highest BCUT2D eigenvalue weighted by atomic mass is 16.1. The van der Waals surface area contributed by atoms with Crippen molar-refractivity contribution in [3.63, 3.8) is 0 Å². The molecule has 0 amide bonds. The van der Waals surface area contributed by atoms with Crippen molar-refractivity contribution in [3.8, 4) is 0 Å². The zero-order chi connectivity index (χ0) is 11.3. The van der Waals surface area contributed by atoms with Gasteiger partial charge in [0.1, 0.15) is 11.6 Å². The van der Waals surface area contributed by atoms with E-state index in [0.29, 0.717) is 11.6 Å². The molecule has 0 spiro atoms. The van der Waals surface area contributed by atoms with E-state index in [4.69, 9.17) is 0 Å². The Morgan fingerprint density at radius 1 is 1.60 bits per heavy atom. The molecule has 0 saturated heterocycles. The van der Waals surface area contributed by atoms with Crippen molar-refractivity contribution in [2.45, 2.75) is 13.8 Å². The molecule has 0 aliphatic heterocycles. The summed E-state index contributed by atoms with van der Waals surface area (Å²) in [6.07, 6.45) is 0. The smallest absolute Gasteiger partial charge is 0.252 e. The second-order valence-electron chi connectivity index (χ2n) is 3.54. The maximum absolute atomic E-state index is 11.1. The standard InChI is InChI=1S/C10H18N4O/c1-4-14(3)6-5-11-9-7-10(15)13-8(2)12-9/h7H,4-6H2,1-3H3,(H2,11,12,13,15). The SMILES string of the molecule is CCN(C)CCNc1cc(=O)[nH]c(C)n1. The van der Waals surface area contributed by atoms with Crippen molar-refractivity contribution in [2.24, 2.45) is 0 Å². The second-order valence-corrected chi connectivity index (χ2v) is 3.54. The molecule has 0 radical (unpaired) electrons. The van der Waals surface area contributed by atoms with E-state index in [0.717, 1.165) is 19.6 Å². The average Bonchev–Trinajstić information content (AvgIpc) is 2.16. The molecule has 1 aromatic heterocycles. The summed E-state index contributed by atoms with van der Waals surface area (Å²) in [4.78, 5) is 20.1. The molecule has 1 heterocycles. The van der Waals surface area contributed by atoms with Crippen molar-refractivity contribution < 1.29 is 0 Å². The highest BCUT2D eigenvalue weighted by Crippen LogP contribution is 1.96. The quantitative estimate of drug-likeness (QED) is 0.740. The van der Waals surface area contributed by atoms with Gasteiger partial charge < -0.3 is 15.2 Å². The van der Waals surface area contributed by atoms with E-state index >= 15 is 0 Å². The minimum atomic E-state index is -0.117. The summed E-state index contributed by atoms with van der Waals surface area (Å²) in [5.74, 6) is 1.27. The summed E-state index contributed by atoms with van der Waals surface area (Å²) in [5, 5.41) is 3.12. The zero-order valence-electron chi connectivity index (χ0n) is 9.50. The molecule has 1 rings (SSSR count). The zero-order valence-corrected chi connectivity index (χ0v) is 9.50. The van der Waals surface area contributed by atoms with Crippen molar-refractivity contribution in [1.29, 1.82) is 0 Å². The summed E-state index contributed by atoms with van der Waals surface area (Å²) in [6.45, 7) is 6.62. The number of hydrogen-bond acceptors (Lipinski definition) is 4. The molecular weight excluding hydrogens is 192 g/mol. The van der Waals surface area contributed by atoms with E-state index < -0.39 is 0 Å². The molecule has 1 aromatic rings. The van der Waals surface area contributed by atoms with Crippen LogP contribution in [-0.2, 0) is 0 Å². The minimum Gasteiger partial charge on any atom is -0.369 e. The predicted octanol–water partition coefficient (Wildman–Crippen LogP) is 0.442. The van der Waals surface area contributed by atoms with Crippen molar-refractivity contribution in [2.75, 3.05) is 32.0 Å². The first-order valence-electron chi connectivity index (χ1n) is 5.12. The molecule has 0 bridgehead atoms. The largest absolute Gasteiger partial charge is 0.369 e. The number of aromatic amines is 1. The van der Waals surface area contributed by atoms with Crippen LogP contribution in [0, 0.1) is 6.92 Å². The Morgan fingerprint density at radius 3 is 2.93 bits per heavy atom. The molecule has 2 N–H and O–H groups in total. The lowest BCUT2D eigenvalue weighted by Crippen LogP contribution is -2.25. The monoisotopic (exact) mass is 210 g/mol. The van der Waals surface area contributed by atoms with Crippen LogP contribution < -0.4 is 10.9 Å². The summed E-state index contributed by atoms with van der Waals surface area (Å²) in [7, 11) is 2.05. The molecule has 0 unspecified atom stereocenters. The van der Waals surface area contributed by atoms with Crippen LogP contribution in [0.2, 0.25) is 0 Å². The van der Waals surface area contributed by atoms with Crippen LogP contribution >= 0.6 is 0 Å². The summed E-state index contributed by atoms with van der Waals surface area (Å²) >= 11 is 0. The summed E-state index contributed by atoms with van der Waals surface area (Å²) in [5.41, 5.74) is -0.117. The molecule has 5 nitrogen and oxygen atoms in total. The third-order valence-corrected chi connectivity index (χ3v) is 2.20. The molecule has 0 aliphatic carbocycles. The normalized spacial score (nSPS) is 10.7. The molecule has 0 saturated carbocycles. The number of hydrogen-bond donors (Lipinski definition) is 2. The fraction of sp³-hybridized carbons (Fsp3) is 0.600. The third kappa shape index (κ3) is 4.12. The van der Waals surface area contributed by atoms with Crippen LogP contribution in [0.5, 0.6) is 0 Å². The lowest BCUT2D eigenvalue weighted by atomic mass is 10.5. The number of rotatable bonds is 5. The Balaban J connectivity index is 2.47. The van der Waals surface area contributed by atoms with E-state index in [2.05, 4.69) is 34.2 Å². The van der Waals surface area contributed by atoms with Gasteiger partial charge in [-0.05, 0) is 20.5 Å². The molecular formula is C10H18N4O. The van der Waals surface area contributed by atoms with Gasteiger partial charge in [-0.25, -0.2) is 4.98 Å². The van der Waals surface area contributed by atoms with Gasteiger partial charge in [0.2, 0.25) is 0 Å². The number of anilines is 1. The third-order valence-electron chi connectivity index (χ3n) is 2.20. The number of likely N-dealkylation sites (N-methyl/N-ethyl adjacent to an activating group) is 1. The highest BCUT2D eigenvalue weighted by Gasteiger charge is 1.98. The van der Waals surface area contributed by atoms with Crippen LogP contribution in [-0.4, -0.2) is 41.5 Å². The Labute approximate surface area is 89.5 Å². The van der Waals surface area contributed by atoms with Gasteiger partial charge >= 0.3 is 0 Å². The Hall–Kier alpha value is -1.36. The van der Waals surface area contributed by atoms with Crippen LogP contribution in [0.4, 0.5) is 5.82 Å².